The maximum absolute atomic E-state index is 3.63. The van der Waals surface area contributed by atoms with E-state index in [9.17, 15) is 0 Å². The van der Waals surface area contributed by atoms with Crippen LogP contribution in [0.4, 0.5) is 0 Å². The van der Waals surface area contributed by atoms with Crippen molar-refractivity contribution < 1.29 is 0 Å². The quantitative estimate of drug-likeness (QED) is 0.803. The largest absolute Gasteiger partial charge is 0.309 e. The van der Waals surface area contributed by atoms with Gasteiger partial charge < -0.3 is 5.32 Å². The van der Waals surface area contributed by atoms with Gasteiger partial charge in [-0.3, -0.25) is 0 Å². The van der Waals surface area contributed by atoms with Crippen molar-refractivity contribution >= 4 is 11.3 Å². The smallest absolute Gasteiger partial charge is 0.0302 e. The van der Waals surface area contributed by atoms with E-state index >= 15 is 0 Å². The number of fused-ring (bicyclic) bond motifs is 1. The van der Waals surface area contributed by atoms with E-state index in [-0.39, 0.29) is 0 Å². The van der Waals surface area contributed by atoms with Gasteiger partial charge in [-0.05, 0) is 43.7 Å². The van der Waals surface area contributed by atoms with E-state index in [4.69, 9.17) is 0 Å². The van der Waals surface area contributed by atoms with Crippen molar-refractivity contribution in [2.75, 3.05) is 0 Å². The number of thiophene rings is 1. The molecule has 1 aromatic rings. The number of rotatable bonds is 3. The lowest BCUT2D eigenvalue weighted by atomic mass is 9.93. The van der Waals surface area contributed by atoms with Crippen molar-refractivity contribution in [2.45, 2.75) is 51.1 Å². The predicted octanol–water partition coefficient (Wildman–Crippen LogP) is 2.88. The van der Waals surface area contributed by atoms with Crippen LogP contribution in [0.15, 0.2) is 6.07 Å². The van der Waals surface area contributed by atoms with Gasteiger partial charge in [0.2, 0.25) is 0 Å². The number of aryl methyl sites for hydroxylation is 2. The Labute approximate surface area is 89.5 Å². The van der Waals surface area contributed by atoms with Crippen molar-refractivity contribution in [3.8, 4) is 0 Å². The molecule has 0 atom stereocenters. The van der Waals surface area contributed by atoms with Crippen molar-refractivity contribution in [3.63, 3.8) is 0 Å². The minimum atomic E-state index is 0.826. The molecular weight excluding hydrogens is 190 g/mol. The highest BCUT2D eigenvalue weighted by Gasteiger charge is 2.18. The first-order valence-corrected chi connectivity index (χ1v) is 6.57. The third-order valence-electron chi connectivity index (χ3n) is 3.47. The first-order chi connectivity index (χ1) is 6.92. The second-order valence-electron chi connectivity index (χ2n) is 4.52. The van der Waals surface area contributed by atoms with Crippen LogP contribution >= 0.6 is 11.3 Å². The van der Waals surface area contributed by atoms with Crippen LogP contribution in [0.3, 0.4) is 0 Å². The van der Waals surface area contributed by atoms with E-state index in [0.29, 0.717) is 0 Å². The lowest BCUT2D eigenvalue weighted by Crippen LogP contribution is -2.34. The summed E-state index contributed by atoms with van der Waals surface area (Å²) < 4.78 is 0. The first-order valence-electron chi connectivity index (χ1n) is 5.75. The minimum absolute atomic E-state index is 0.826. The molecule has 0 saturated heterocycles. The predicted molar refractivity (Wildman–Crippen MR) is 60.8 cm³/mol. The van der Waals surface area contributed by atoms with Crippen LogP contribution in [0, 0.1) is 0 Å². The number of hydrogen-bond donors (Lipinski definition) is 1. The van der Waals surface area contributed by atoms with Crippen LogP contribution in [-0.4, -0.2) is 6.04 Å². The molecule has 0 aliphatic heterocycles. The van der Waals surface area contributed by atoms with Crippen LogP contribution in [0.1, 0.15) is 41.0 Å². The molecule has 1 saturated carbocycles. The highest BCUT2D eigenvalue weighted by Crippen LogP contribution is 2.30. The van der Waals surface area contributed by atoms with Gasteiger partial charge in [0.25, 0.3) is 0 Å². The lowest BCUT2D eigenvalue weighted by molar-refractivity contribution is 0.339. The Hall–Kier alpha value is -0.340. The fourth-order valence-electron chi connectivity index (χ4n) is 2.34. The second-order valence-corrected chi connectivity index (χ2v) is 5.74. The summed E-state index contributed by atoms with van der Waals surface area (Å²) in [5, 5.41) is 3.63. The SMILES string of the molecule is c1c(CNC2CCC2)sc2c1CCC2. The summed E-state index contributed by atoms with van der Waals surface area (Å²) in [6, 6.07) is 3.26. The second kappa shape index (κ2) is 3.67. The summed E-state index contributed by atoms with van der Waals surface area (Å²) in [4.78, 5) is 3.22. The normalized spacial score (nSPS) is 20.9. The van der Waals surface area contributed by atoms with Crippen molar-refractivity contribution in [3.05, 3.63) is 21.4 Å². The van der Waals surface area contributed by atoms with E-state index in [0.717, 1.165) is 12.6 Å². The third kappa shape index (κ3) is 1.61. The fraction of sp³-hybridized carbons (Fsp3) is 0.667. The highest BCUT2D eigenvalue weighted by molar-refractivity contribution is 7.12. The Morgan fingerprint density at radius 1 is 1.29 bits per heavy atom. The molecule has 76 valence electrons. The van der Waals surface area contributed by atoms with Gasteiger partial charge in [0, 0.05) is 22.3 Å². The van der Waals surface area contributed by atoms with Crippen LogP contribution in [0.2, 0.25) is 0 Å². The molecule has 2 aliphatic rings. The maximum Gasteiger partial charge on any atom is 0.0302 e. The monoisotopic (exact) mass is 207 g/mol. The molecule has 1 nitrogen and oxygen atoms in total. The van der Waals surface area contributed by atoms with Crippen LogP contribution in [-0.2, 0) is 19.4 Å². The fourth-order valence-corrected chi connectivity index (χ4v) is 3.55. The summed E-state index contributed by atoms with van der Waals surface area (Å²) in [6.07, 6.45) is 8.27. The van der Waals surface area contributed by atoms with Gasteiger partial charge in [0.1, 0.15) is 0 Å². The standard InChI is InChI=1S/C12H17NS/c1-3-9-7-11(14-12(9)6-1)8-13-10-4-2-5-10/h7,10,13H,1-6,8H2. The van der Waals surface area contributed by atoms with Crippen molar-refractivity contribution in [1.29, 1.82) is 0 Å². The van der Waals surface area contributed by atoms with Gasteiger partial charge in [0.15, 0.2) is 0 Å². The minimum Gasteiger partial charge on any atom is -0.309 e. The Kier molecular flexibility index (Phi) is 2.34. The van der Waals surface area contributed by atoms with E-state index in [1.807, 2.05) is 11.3 Å². The Bertz CT molecular complexity index is 304. The van der Waals surface area contributed by atoms with Gasteiger partial charge in [0.05, 0.1) is 0 Å². The number of nitrogens with one attached hydrogen (secondary N) is 1. The van der Waals surface area contributed by atoms with Crippen molar-refractivity contribution in [2.24, 2.45) is 0 Å². The zero-order valence-electron chi connectivity index (χ0n) is 8.51. The molecule has 0 amide bonds. The summed E-state index contributed by atoms with van der Waals surface area (Å²) in [5.41, 5.74) is 1.64. The van der Waals surface area contributed by atoms with Crippen LogP contribution in [0.25, 0.3) is 0 Å². The molecule has 1 N–H and O–H groups in total. The van der Waals surface area contributed by atoms with Gasteiger partial charge in [-0.15, -0.1) is 11.3 Å². The summed E-state index contributed by atoms with van der Waals surface area (Å²) in [7, 11) is 0. The molecule has 0 unspecified atom stereocenters. The van der Waals surface area contributed by atoms with E-state index in [1.54, 1.807) is 15.3 Å². The third-order valence-corrected chi connectivity index (χ3v) is 4.70. The molecule has 2 heteroatoms. The zero-order chi connectivity index (χ0) is 9.38. The van der Waals surface area contributed by atoms with Gasteiger partial charge in [-0.1, -0.05) is 6.42 Å². The summed E-state index contributed by atoms with van der Waals surface area (Å²) in [5.74, 6) is 0. The van der Waals surface area contributed by atoms with Crippen LogP contribution < -0.4 is 5.32 Å². The molecule has 0 bridgehead atoms. The van der Waals surface area contributed by atoms with Gasteiger partial charge in [-0.2, -0.15) is 0 Å². The molecule has 2 aliphatic carbocycles. The zero-order valence-corrected chi connectivity index (χ0v) is 9.33. The molecule has 3 rings (SSSR count). The Balaban J connectivity index is 1.60. The highest BCUT2D eigenvalue weighted by atomic mass is 32.1. The average molecular weight is 207 g/mol. The molecule has 14 heavy (non-hydrogen) atoms. The topological polar surface area (TPSA) is 12.0 Å². The molecule has 0 spiro atoms. The maximum atomic E-state index is 3.63. The summed E-state index contributed by atoms with van der Waals surface area (Å²) in [6.45, 7) is 1.11. The molecule has 1 fully saturated rings. The molecular formula is C12H17NS. The first kappa shape index (κ1) is 8.93. The summed E-state index contributed by atoms with van der Waals surface area (Å²) >= 11 is 2.04. The molecule has 1 aromatic heterocycles. The van der Waals surface area contributed by atoms with E-state index in [1.165, 1.54) is 38.5 Å². The van der Waals surface area contributed by atoms with Crippen LogP contribution in [0.5, 0.6) is 0 Å². The van der Waals surface area contributed by atoms with E-state index < -0.39 is 0 Å². The van der Waals surface area contributed by atoms with Gasteiger partial charge >= 0.3 is 0 Å². The van der Waals surface area contributed by atoms with Crippen molar-refractivity contribution in [1.82, 2.24) is 5.32 Å². The molecule has 1 heterocycles. The number of hydrogen-bond acceptors (Lipinski definition) is 2. The van der Waals surface area contributed by atoms with E-state index in [2.05, 4.69) is 11.4 Å². The Morgan fingerprint density at radius 2 is 2.21 bits per heavy atom. The molecule has 0 radical (unpaired) electrons. The lowest BCUT2D eigenvalue weighted by Gasteiger charge is -2.26. The Morgan fingerprint density at radius 3 is 2.93 bits per heavy atom. The van der Waals surface area contributed by atoms with Gasteiger partial charge in [-0.25, -0.2) is 0 Å². The average Bonchev–Trinajstić information content (AvgIpc) is 2.59. The molecule has 0 aromatic carbocycles.